The van der Waals surface area contributed by atoms with Crippen LogP contribution >= 0.6 is 0 Å². The third kappa shape index (κ3) is 3.15. The molecule has 1 aliphatic heterocycles. The van der Waals surface area contributed by atoms with Crippen LogP contribution in [0.15, 0.2) is 29.3 Å². The molecule has 122 valence electrons. The molecule has 0 saturated carbocycles. The van der Waals surface area contributed by atoms with E-state index in [2.05, 4.69) is 21.8 Å². The summed E-state index contributed by atoms with van der Waals surface area (Å²) in [4.78, 5) is 17.9. The van der Waals surface area contributed by atoms with Gasteiger partial charge in [0, 0.05) is 19.8 Å². The van der Waals surface area contributed by atoms with E-state index in [1.165, 1.54) is 4.90 Å². The van der Waals surface area contributed by atoms with Crippen LogP contribution in [0.25, 0.3) is 11.5 Å². The number of amides is 1. The Bertz CT molecular complexity index is 723. The van der Waals surface area contributed by atoms with Gasteiger partial charge >= 0.3 is 0 Å². The molecule has 1 atom stereocenters. The molecule has 23 heavy (non-hydrogen) atoms. The molecule has 0 N–H and O–H groups in total. The third-order valence-electron chi connectivity index (χ3n) is 3.94. The topological polar surface area (TPSA) is 77.0 Å². The quantitative estimate of drug-likeness (QED) is 0.812. The molecule has 2 aromatic heterocycles. The second-order valence-corrected chi connectivity index (χ2v) is 5.63. The highest BCUT2D eigenvalue weighted by Gasteiger charge is 2.31. The van der Waals surface area contributed by atoms with Gasteiger partial charge in [-0.15, -0.1) is 0 Å². The fraction of sp³-hybridized carbons (Fsp3) is 0.467. The number of likely N-dealkylation sites (tertiary alicyclic amines) is 1. The van der Waals surface area contributed by atoms with E-state index in [-0.39, 0.29) is 0 Å². The fourth-order valence-corrected chi connectivity index (χ4v) is 2.79. The molecule has 3 heterocycles. The number of aromatic nitrogens is 4. The summed E-state index contributed by atoms with van der Waals surface area (Å²) < 4.78 is 20.2. The number of nitrogens with zero attached hydrogens (tertiary/aromatic N) is 5. The zero-order chi connectivity index (χ0) is 16.4. The van der Waals surface area contributed by atoms with E-state index in [0.29, 0.717) is 30.2 Å². The van der Waals surface area contributed by atoms with E-state index in [1.54, 1.807) is 24.1 Å². The molecular weight excluding hydrogens is 301 g/mol. The van der Waals surface area contributed by atoms with Gasteiger partial charge in [-0.2, -0.15) is 10.1 Å². The Hall–Kier alpha value is -2.51. The predicted octanol–water partition coefficient (Wildman–Crippen LogP) is 2.40. The first kappa shape index (κ1) is 15.4. The largest absolute Gasteiger partial charge is 0.334 e. The molecule has 1 fully saturated rings. The summed E-state index contributed by atoms with van der Waals surface area (Å²) in [5.41, 5.74) is 0.702. The van der Waals surface area contributed by atoms with Crippen molar-refractivity contribution in [3.8, 4) is 11.5 Å². The average molecular weight is 319 g/mol. The summed E-state index contributed by atoms with van der Waals surface area (Å²) in [7, 11) is 1.79. The summed E-state index contributed by atoms with van der Waals surface area (Å²) in [5.74, 6) is -0.943. The molecule has 3 rings (SSSR count). The Labute approximate surface area is 132 Å². The lowest BCUT2D eigenvalue weighted by Crippen LogP contribution is -2.35. The van der Waals surface area contributed by atoms with Crippen LogP contribution < -0.4 is 0 Å². The van der Waals surface area contributed by atoms with Crippen LogP contribution in [0, 0.1) is 0 Å². The third-order valence-corrected chi connectivity index (χ3v) is 3.94. The first-order chi connectivity index (χ1) is 11.1. The van der Waals surface area contributed by atoms with Gasteiger partial charge in [0.15, 0.2) is 11.7 Å². The highest BCUT2D eigenvalue weighted by molar-refractivity contribution is 5.90. The van der Waals surface area contributed by atoms with Crippen molar-refractivity contribution < 1.29 is 13.7 Å². The highest BCUT2D eigenvalue weighted by Crippen LogP contribution is 2.30. The maximum absolute atomic E-state index is 13.3. The predicted molar refractivity (Wildman–Crippen MR) is 79.7 cm³/mol. The second kappa shape index (κ2) is 6.31. The number of carbonyl (C=O) groups is 1. The number of carbonyl (C=O) groups excluding carboxylic acids is 1. The van der Waals surface area contributed by atoms with E-state index < -0.39 is 17.8 Å². The van der Waals surface area contributed by atoms with Gasteiger partial charge in [-0.3, -0.25) is 9.48 Å². The molecule has 0 bridgehead atoms. The molecule has 1 amide bonds. The Morgan fingerprint density at radius 3 is 2.96 bits per heavy atom. The van der Waals surface area contributed by atoms with Crippen molar-refractivity contribution in [2.75, 3.05) is 6.54 Å². The van der Waals surface area contributed by atoms with Crippen LogP contribution in [-0.4, -0.2) is 37.3 Å². The van der Waals surface area contributed by atoms with Crippen LogP contribution in [-0.2, 0) is 11.8 Å². The highest BCUT2D eigenvalue weighted by atomic mass is 19.1. The SMILES string of the molecule is C=C(F)C(=O)N1CCCCCC1c1noc(-c2cnn(C)c2)n1. The summed E-state index contributed by atoms with van der Waals surface area (Å²) >= 11 is 0. The van der Waals surface area contributed by atoms with Crippen LogP contribution in [0.4, 0.5) is 4.39 Å². The van der Waals surface area contributed by atoms with Crippen LogP contribution in [0.3, 0.4) is 0 Å². The summed E-state index contributed by atoms with van der Waals surface area (Å²) in [6.07, 6.45) is 6.78. The molecule has 8 heteroatoms. The zero-order valence-electron chi connectivity index (χ0n) is 12.9. The van der Waals surface area contributed by atoms with Crippen molar-refractivity contribution in [2.24, 2.45) is 7.05 Å². The van der Waals surface area contributed by atoms with Gasteiger partial charge in [-0.05, 0) is 12.8 Å². The second-order valence-electron chi connectivity index (χ2n) is 5.63. The molecule has 7 nitrogen and oxygen atoms in total. The first-order valence-electron chi connectivity index (χ1n) is 7.54. The van der Waals surface area contributed by atoms with Gasteiger partial charge < -0.3 is 9.42 Å². The lowest BCUT2D eigenvalue weighted by molar-refractivity contribution is -0.131. The van der Waals surface area contributed by atoms with Gasteiger partial charge in [0.1, 0.15) is 0 Å². The molecule has 0 aliphatic carbocycles. The normalized spacial score (nSPS) is 18.7. The van der Waals surface area contributed by atoms with Crippen LogP contribution in [0.1, 0.15) is 37.5 Å². The smallest absolute Gasteiger partial charge is 0.282 e. The van der Waals surface area contributed by atoms with E-state index in [9.17, 15) is 9.18 Å². The fourth-order valence-electron chi connectivity index (χ4n) is 2.79. The Morgan fingerprint density at radius 2 is 2.26 bits per heavy atom. The molecular formula is C15H18FN5O2. The molecule has 1 saturated heterocycles. The van der Waals surface area contributed by atoms with E-state index in [1.807, 2.05) is 0 Å². The van der Waals surface area contributed by atoms with Crippen LogP contribution in [0.5, 0.6) is 0 Å². The molecule has 1 aliphatic rings. The van der Waals surface area contributed by atoms with E-state index in [0.717, 1.165) is 19.3 Å². The minimum absolute atomic E-state index is 0.337. The van der Waals surface area contributed by atoms with Crippen molar-refractivity contribution in [3.63, 3.8) is 0 Å². The molecule has 1 unspecified atom stereocenters. The summed E-state index contributed by atoms with van der Waals surface area (Å²) in [6, 6.07) is -0.397. The van der Waals surface area contributed by atoms with Crippen molar-refractivity contribution >= 4 is 5.91 Å². The van der Waals surface area contributed by atoms with Crippen molar-refractivity contribution in [1.82, 2.24) is 24.8 Å². The lowest BCUT2D eigenvalue weighted by Gasteiger charge is -2.26. The monoisotopic (exact) mass is 319 g/mol. The van der Waals surface area contributed by atoms with Gasteiger partial charge in [-0.25, -0.2) is 4.39 Å². The minimum Gasteiger partial charge on any atom is -0.334 e. The maximum Gasteiger partial charge on any atom is 0.282 e. The van der Waals surface area contributed by atoms with Gasteiger partial charge in [-0.1, -0.05) is 24.6 Å². The number of halogens is 1. The zero-order valence-corrected chi connectivity index (χ0v) is 12.9. The van der Waals surface area contributed by atoms with Gasteiger partial charge in [0.2, 0.25) is 0 Å². The Balaban J connectivity index is 1.89. The van der Waals surface area contributed by atoms with Crippen molar-refractivity contribution in [2.45, 2.75) is 31.7 Å². The van der Waals surface area contributed by atoms with E-state index in [4.69, 9.17) is 4.52 Å². The number of hydrogen-bond donors (Lipinski definition) is 0. The molecule has 0 spiro atoms. The Kier molecular flexibility index (Phi) is 4.22. The molecule has 2 aromatic rings. The lowest BCUT2D eigenvalue weighted by atomic mass is 10.1. The summed E-state index contributed by atoms with van der Waals surface area (Å²) in [6.45, 7) is 3.57. The summed E-state index contributed by atoms with van der Waals surface area (Å²) in [5, 5.41) is 8.05. The first-order valence-corrected chi connectivity index (χ1v) is 7.54. The molecule has 0 aromatic carbocycles. The van der Waals surface area contributed by atoms with Crippen LogP contribution in [0.2, 0.25) is 0 Å². The Morgan fingerprint density at radius 1 is 1.43 bits per heavy atom. The van der Waals surface area contributed by atoms with Gasteiger partial charge in [0.05, 0.1) is 17.8 Å². The van der Waals surface area contributed by atoms with Gasteiger partial charge in [0.25, 0.3) is 11.8 Å². The maximum atomic E-state index is 13.3. The van der Waals surface area contributed by atoms with E-state index >= 15 is 0 Å². The van der Waals surface area contributed by atoms with Crippen molar-refractivity contribution in [1.29, 1.82) is 0 Å². The number of rotatable bonds is 3. The standard InChI is InChI=1S/C15H18FN5O2/c1-10(16)15(22)21-7-5-3-4-6-12(21)13-18-14(23-19-13)11-8-17-20(2)9-11/h8-9,12H,1,3-7H2,2H3. The number of hydrogen-bond acceptors (Lipinski definition) is 5. The number of aryl methyl sites for hydroxylation is 1. The average Bonchev–Trinajstić information content (AvgIpc) is 3.10. The molecule has 0 radical (unpaired) electrons. The van der Waals surface area contributed by atoms with Crippen molar-refractivity contribution in [3.05, 3.63) is 30.6 Å². The minimum atomic E-state index is -0.965.